The Labute approximate surface area is 169 Å². The van der Waals surface area contributed by atoms with Gasteiger partial charge in [0.2, 0.25) is 0 Å². The highest BCUT2D eigenvalue weighted by atomic mass is 19.4. The van der Waals surface area contributed by atoms with Crippen molar-refractivity contribution >= 4 is 5.96 Å². The molecule has 1 aromatic carbocycles. The predicted octanol–water partition coefficient (Wildman–Crippen LogP) is 3.87. The number of nitrogens with one attached hydrogen (secondary N) is 2. The first-order valence-corrected chi connectivity index (χ1v) is 9.37. The van der Waals surface area contributed by atoms with Crippen LogP contribution in [-0.4, -0.2) is 27.9 Å². The number of benzene rings is 1. The van der Waals surface area contributed by atoms with Gasteiger partial charge in [0.25, 0.3) is 0 Å². The first-order valence-electron chi connectivity index (χ1n) is 9.37. The summed E-state index contributed by atoms with van der Waals surface area (Å²) in [6, 6.07) is 4.03. The Balaban J connectivity index is 2.17. The van der Waals surface area contributed by atoms with Crippen LogP contribution < -0.4 is 15.4 Å². The summed E-state index contributed by atoms with van der Waals surface area (Å²) < 4.78 is 48.0. The minimum atomic E-state index is -4.49. The van der Waals surface area contributed by atoms with Crippen molar-refractivity contribution in [3.63, 3.8) is 0 Å². The molecular formula is C20H28F3N5O. The zero-order chi connectivity index (χ0) is 21.7. The minimum Gasteiger partial charge on any atom is -0.488 e. The van der Waals surface area contributed by atoms with Crippen molar-refractivity contribution in [1.82, 2.24) is 20.4 Å². The van der Waals surface area contributed by atoms with E-state index in [0.717, 1.165) is 11.6 Å². The summed E-state index contributed by atoms with van der Waals surface area (Å²) in [5.41, 5.74) is -0.287. The Hall–Kier alpha value is -2.71. The molecule has 0 fully saturated rings. The zero-order valence-electron chi connectivity index (χ0n) is 17.4. The second-order valence-corrected chi connectivity index (χ2v) is 7.60. The quantitative estimate of drug-likeness (QED) is 0.560. The van der Waals surface area contributed by atoms with Crippen molar-refractivity contribution in [2.45, 2.75) is 52.6 Å². The van der Waals surface area contributed by atoms with E-state index in [2.05, 4.69) is 20.7 Å². The van der Waals surface area contributed by atoms with E-state index in [-0.39, 0.29) is 17.9 Å². The molecule has 0 aliphatic rings. The summed E-state index contributed by atoms with van der Waals surface area (Å²) in [5.74, 6) is 0.616. The first-order chi connectivity index (χ1) is 13.5. The monoisotopic (exact) mass is 411 g/mol. The summed E-state index contributed by atoms with van der Waals surface area (Å²) in [6.07, 6.45) is -0.953. The van der Waals surface area contributed by atoms with Crippen LogP contribution in [0.1, 0.15) is 44.4 Å². The maximum atomic E-state index is 13.6. The highest BCUT2D eigenvalue weighted by molar-refractivity contribution is 5.79. The average Bonchev–Trinajstić information content (AvgIpc) is 3.01. The Morgan fingerprint density at radius 1 is 1.21 bits per heavy atom. The summed E-state index contributed by atoms with van der Waals surface area (Å²) in [5, 5.41) is 10.1. The van der Waals surface area contributed by atoms with Gasteiger partial charge in [-0.15, -0.1) is 0 Å². The number of guanidine groups is 1. The molecule has 0 spiro atoms. The summed E-state index contributed by atoms with van der Waals surface area (Å²) >= 11 is 0. The number of aliphatic imine (C=N–C) groups is 1. The number of aryl methyl sites for hydroxylation is 1. The van der Waals surface area contributed by atoms with Gasteiger partial charge in [0, 0.05) is 31.9 Å². The van der Waals surface area contributed by atoms with Gasteiger partial charge in [-0.05, 0) is 45.4 Å². The van der Waals surface area contributed by atoms with E-state index >= 15 is 0 Å². The lowest BCUT2D eigenvalue weighted by Crippen LogP contribution is -2.37. The first kappa shape index (κ1) is 22.6. The molecule has 0 bridgehead atoms. The number of halogens is 3. The molecule has 0 atom stereocenters. The molecule has 0 aliphatic carbocycles. The highest BCUT2D eigenvalue weighted by Gasteiger charge is 2.34. The molecule has 0 unspecified atom stereocenters. The summed E-state index contributed by atoms with van der Waals surface area (Å²) in [7, 11) is 1.81. The molecule has 1 aromatic heterocycles. The largest absolute Gasteiger partial charge is 0.488 e. The van der Waals surface area contributed by atoms with Crippen LogP contribution in [-0.2, 0) is 26.3 Å². The molecule has 6 nitrogen and oxygen atoms in total. The lowest BCUT2D eigenvalue weighted by molar-refractivity contribution is -0.138. The van der Waals surface area contributed by atoms with Crippen LogP contribution in [0.25, 0.3) is 0 Å². The third-order valence-corrected chi connectivity index (χ3v) is 3.78. The van der Waals surface area contributed by atoms with Crippen LogP contribution in [0.2, 0.25) is 0 Å². The lowest BCUT2D eigenvalue weighted by Gasteiger charge is -2.23. The standard InChI is InChI=1S/C20H28F3N5O/c1-6-24-18(25-10-14-11-27-28(5)13-14)26-12-15-7-8-16(29-19(2,3)4)9-17(15)20(21,22)23/h7-9,11,13H,6,10,12H2,1-5H3,(H2,24,25,26). The topological polar surface area (TPSA) is 63.5 Å². The van der Waals surface area contributed by atoms with Gasteiger partial charge in [0.05, 0.1) is 18.3 Å². The van der Waals surface area contributed by atoms with Crippen molar-refractivity contribution in [2.24, 2.45) is 12.0 Å². The molecule has 2 rings (SSSR count). The molecule has 0 saturated heterocycles. The number of hydrogen-bond donors (Lipinski definition) is 2. The molecule has 9 heteroatoms. The Morgan fingerprint density at radius 2 is 1.93 bits per heavy atom. The maximum Gasteiger partial charge on any atom is 0.416 e. The van der Waals surface area contributed by atoms with Gasteiger partial charge in [0.1, 0.15) is 11.4 Å². The van der Waals surface area contributed by atoms with E-state index in [1.807, 2.05) is 20.2 Å². The number of aromatic nitrogens is 2. The second-order valence-electron chi connectivity index (χ2n) is 7.60. The molecule has 2 aromatic rings. The summed E-state index contributed by atoms with van der Waals surface area (Å²) in [6.45, 7) is 8.19. The normalized spacial score (nSPS) is 12.8. The van der Waals surface area contributed by atoms with Gasteiger partial charge >= 0.3 is 6.18 Å². The van der Waals surface area contributed by atoms with Crippen LogP contribution in [0.4, 0.5) is 13.2 Å². The predicted molar refractivity (Wildman–Crippen MR) is 107 cm³/mol. The number of ether oxygens (including phenoxy) is 1. The molecule has 0 amide bonds. The molecule has 0 aliphatic heterocycles. The second kappa shape index (κ2) is 9.19. The van der Waals surface area contributed by atoms with Crippen LogP contribution in [0.5, 0.6) is 5.75 Å². The van der Waals surface area contributed by atoms with Crippen molar-refractivity contribution in [3.05, 3.63) is 47.3 Å². The minimum absolute atomic E-state index is 0.0243. The number of nitrogens with zero attached hydrogens (tertiary/aromatic N) is 3. The van der Waals surface area contributed by atoms with E-state index in [1.165, 1.54) is 6.07 Å². The van der Waals surface area contributed by atoms with Crippen LogP contribution in [0.15, 0.2) is 35.6 Å². The highest BCUT2D eigenvalue weighted by Crippen LogP contribution is 2.35. The SMILES string of the molecule is CCNC(=NCc1cnn(C)c1)NCc1ccc(OC(C)(C)C)cc1C(F)(F)F. The van der Waals surface area contributed by atoms with E-state index < -0.39 is 17.3 Å². The third kappa shape index (κ3) is 7.32. The summed E-state index contributed by atoms with van der Waals surface area (Å²) in [4.78, 5) is 4.41. The molecule has 2 N–H and O–H groups in total. The van der Waals surface area contributed by atoms with Crippen LogP contribution in [0.3, 0.4) is 0 Å². The van der Waals surface area contributed by atoms with Gasteiger partial charge in [0.15, 0.2) is 5.96 Å². The lowest BCUT2D eigenvalue weighted by atomic mass is 10.1. The van der Waals surface area contributed by atoms with Crippen molar-refractivity contribution in [1.29, 1.82) is 0 Å². The molecule has 160 valence electrons. The van der Waals surface area contributed by atoms with Crippen molar-refractivity contribution < 1.29 is 17.9 Å². The molecule has 0 saturated carbocycles. The molecule has 29 heavy (non-hydrogen) atoms. The number of hydrogen-bond acceptors (Lipinski definition) is 3. The number of alkyl halides is 3. The molecule has 0 radical (unpaired) electrons. The van der Waals surface area contributed by atoms with E-state index in [0.29, 0.717) is 19.0 Å². The fraction of sp³-hybridized carbons (Fsp3) is 0.500. The Morgan fingerprint density at radius 3 is 2.48 bits per heavy atom. The van der Waals surface area contributed by atoms with Crippen molar-refractivity contribution in [2.75, 3.05) is 6.54 Å². The maximum absolute atomic E-state index is 13.6. The smallest absolute Gasteiger partial charge is 0.416 e. The van der Waals surface area contributed by atoms with Gasteiger partial charge < -0.3 is 15.4 Å². The van der Waals surface area contributed by atoms with Gasteiger partial charge in [-0.1, -0.05) is 6.07 Å². The fourth-order valence-electron chi connectivity index (χ4n) is 2.64. The zero-order valence-corrected chi connectivity index (χ0v) is 17.4. The van der Waals surface area contributed by atoms with Gasteiger partial charge in [-0.25, -0.2) is 4.99 Å². The van der Waals surface area contributed by atoms with Gasteiger partial charge in [-0.3, -0.25) is 4.68 Å². The van der Waals surface area contributed by atoms with E-state index in [4.69, 9.17) is 4.74 Å². The molecular weight excluding hydrogens is 383 g/mol. The van der Waals surface area contributed by atoms with Gasteiger partial charge in [-0.2, -0.15) is 18.3 Å². The Bertz CT molecular complexity index is 837. The van der Waals surface area contributed by atoms with E-state index in [1.54, 1.807) is 37.7 Å². The third-order valence-electron chi connectivity index (χ3n) is 3.78. The number of rotatable bonds is 6. The van der Waals surface area contributed by atoms with E-state index in [9.17, 15) is 13.2 Å². The fourth-order valence-corrected chi connectivity index (χ4v) is 2.64. The van der Waals surface area contributed by atoms with Crippen LogP contribution >= 0.6 is 0 Å². The molecule has 1 heterocycles. The van der Waals surface area contributed by atoms with Crippen LogP contribution in [0, 0.1) is 0 Å². The van der Waals surface area contributed by atoms with Crippen molar-refractivity contribution in [3.8, 4) is 5.75 Å². The Kier molecular flexibility index (Phi) is 7.16. The average molecular weight is 411 g/mol.